The molecule has 1 saturated heterocycles. The van der Waals surface area contributed by atoms with Crippen LogP contribution in [0.1, 0.15) is 91.3 Å². The lowest BCUT2D eigenvalue weighted by Crippen LogP contribution is -2.57. The number of ether oxygens (including phenoxy) is 2. The van der Waals surface area contributed by atoms with Crippen molar-refractivity contribution in [2.45, 2.75) is 91.8 Å². The average molecular weight is 815 g/mol. The lowest BCUT2D eigenvalue weighted by Gasteiger charge is -2.56. The van der Waals surface area contributed by atoms with E-state index in [9.17, 15) is 29.1 Å². The van der Waals surface area contributed by atoms with E-state index in [1.54, 1.807) is 37.5 Å². The molecule has 59 heavy (non-hydrogen) atoms. The van der Waals surface area contributed by atoms with Crippen LogP contribution in [-0.2, 0) is 23.9 Å². The van der Waals surface area contributed by atoms with Crippen LogP contribution in [0.5, 0.6) is 0 Å². The van der Waals surface area contributed by atoms with Gasteiger partial charge in [0.15, 0.2) is 18.0 Å². The third-order valence-corrected chi connectivity index (χ3v) is 14.8. The molecule has 4 fully saturated rings. The van der Waals surface area contributed by atoms with Crippen molar-refractivity contribution in [3.63, 3.8) is 0 Å². The first kappa shape index (κ1) is 39.2. The lowest BCUT2D eigenvalue weighted by atomic mass is 9.48. The highest BCUT2D eigenvalue weighted by Crippen LogP contribution is 2.73. The second kappa shape index (κ2) is 15.1. The van der Waals surface area contributed by atoms with Gasteiger partial charge in [-0.25, -0.2) is 0 Å². The van der Waals surface area contributed by atoms with Gasteiger partial charge in [0.2, 0.25) is 11.7 Å². The minimum Gasteiger partial charge on any atom is -0.458 e. The fourth-order valence-corrected chi connectivity index (χ4v) is 11.9. The summed E-state index contributed by atoms with van der Waals surface area (Å²) in [4.78, 5) is 71.4. The zero-order chi connectivity index (χ0) is 41.1. The number of fused-ring (bicyclic) bond motifs is 5. The number of esters is 1. The summed E-state index contributed by atoms with van der Waals surface area (Å²) in [7, 11) is 1.58. The Kier molecular flexibility index (Phi) is 10.0. The van der Waals surface area contributed by atoms with Crippen molar-refractivity contribution >= 4 is 64.2 Å². The van der Waals surface area contributed by atoms with Gasteiger partial charge < -0.3 is 19.9 Å². The van der Waals surface area contributed by atoms with E-state index in [2.05, 4.69) is 22.3 Å². The second-order valence-electron chi connectivity index (χ2n) is 16.7. The molecule has 12 nitrogen and oxygen atoms in total. The molecule has 2 N–H and O–H groups in total. The summed E-state index contributed by atoms with van der Waals surface area (Å²) in [6.07, 6.45) is 10.5. The molecule has 0 bridgehead atoms. The van der Waals surface area contributed by atoms with Gasteiger partial charge in [0.25, 0.3) is 5.91 Å². The van der Waals surface area contributed by atoms with E-state index in [4.69, 9.17) is 9.47 Å². The maximum atomic E-state index is 13.8. The van der Waals surface area contributed by atoms with Gasteiger partial charge in [0.05, 0.1) is 35.0 Å². The van der Waals surface area contributed by atoms with Crippen LogP contribution < -0.4 is 5.32 Å². The first-order valence-corrected chi connectivity index (χ1v) is 21.2. The Morgan fingerprint density at radius 1 is 1.03 bits per heavy atom. The van der Waals surface area contributed by atoms with E-state index >= 15 is 0 Å². The number of amides is 1. The van der Waals surface area contributed by atoms with Gasteiger partial charge in [-0.15, -0.1) is 0 Å². The molecule has 0 radical (unpaired) electrons. The highest BCUT2D eigenvalue weighted by Gasteiger charge is 2.83. The summed E-state index contributed by atoms with van der Waals surface area (Å²) >= 11 is 1.38. The molecule has 3 saturated carbocycles. The van der Waals surface area contributed by atoms with Gasteiger partial charge in [0.1, 0.15) is 5.60 Å². The number of Topliss-reactive ketones (excluding diaryl/α,β-unsaturated/α-hetero) is 1. The van der Waals surface area contributed by atoms with Gasteiger partial charge in [-0.05, 0) is 116 Å². The monoisotopic (exact) mass is 814 g/mol. The molecule has 0 unspecified atom stereocenters. The van der Waals surface area contributed by atoms with Crippen LogP contribution >= 0.6 is 11.8 Å². The largest absolute Gasteiger partial charge is 0.458 e. The second-order valence-corrected chi connectivity index (χ2v) is 17.9. The highest BCUT2D eigenvalue weighted by atomic mass is 32.2. The molecular formula is C46H46N4O8S. The fraction of sp³-hybridized carbons (Fsp3) is 0.413. The van der Waals surface area contributed by atoms with Gasteiger partial charge in [0, 0.05) is 47.7 Å². The SMILES string of the molecule is CNC(=O)c1ccccc1Sc1ccc2c(/C=C/c3ccccn3)nn(C(=O)CCC(=O)OCC(=O)[C@@]34CC[C@H]5[C@@H]6CCC7=CC(=O)CC[C@]7(C)[C@H]6[C@@H](O)C[C@@]53O4)c2c1. The molecule has 4 aromatic rings. The first-order valence-electron chi connectivity index (χ1n) is 20.4. The molecule has 1 aliphatic heterocycles. The fourth-order valence-electron chi connectivity index (χ4n) is 10.9. The molecule has 1 spiro atoms. The van der Waals surface area contributed by atoms with Crippen LogP contribution in [0.25, 0.3) is 23.1 Å². The molecule has 7 atom stereocenters. The number of hydrogen-bond donors (Lipinski definition) is 2. The van der Waals surface area contributed by atoms with E-state index in [1.165, 1.54) is 16.4 Å². The molecule has 4 aliphatic carbocycles. The van der Waals surface area contributed by atoms with E-state index < -0.39 is 35.8 Å². The summed E-state index contributed by atoms with van der Waals surface area (Å²) < 4.78 is 13.2. The number of epoxide rings is 1. The number of allylic oxidation sites excluding steroid dienone is 1. The quantitative estimate of drug-likeness (QED) is 0.123. The number of carbonyl (C=O) groups is 5. The Labute approximate surface area is 345 Å². The number of carbonyl (C=O) groups excluding carboxylic acids is 5. The Bertz CT molecular complexity index is 2460. The van der Waals surface area contributed by atoms with Crippen molar-refractivity contribution in [2.75, 3.05) is 13.7 Å². The van der Waals surface area contributed by atoms with Crippen LogP contribution in [0, 0.1) is 23.2 Å². The highest BCUT2D eigenvalue weighted by molar-refractivity contribution is 7.99. The molecule has 2 aromatic carbocycles. The zero-order valence-electron chi connectivity index (χ0n) is 33.0. The average Bonchev–Trinajstić information content (AvgIpc) is 3.54. The van der Waals surface area contributed by atoms with Crippen LogP contribution in [0.4, 0.5) is 0 Å². The van der Waals surface area contributed by atoms with Crippen molar-refractivity contribution in [1.29, 1.82) is 0 Å². The predicted molar refractivity (Wildman–Crippen MR) is 219 cm³/mol. The summed E-state index contributed by atoms with van der Waals surface area (Å²) in [5, 5.41) is 19.7. The maximum Gasteiger partial charge on any atom is 0.306 e. The normalized spacial score (nSPS) is 29.2. The van der Waals surface area contributed by atoms with E-state index in [1.807, 2.05) is 54.6 Å². The number of ketones is 2. The van der Waals surface area contributed by atoms with Crippen molar-refractivity contribution in [2.24, 2.45) is 23.2 Å². The van der Waals surface area contributed by atoms with Gasteiger partial charge in [-0.2, -0.15) is 9.78 Å². The number of aliphatic hydroxyl groups excluding tert-OH is 1. The smallest absolute Gasteiger partial charge is 0.306 e. The van der Waals surface area contributed by atoms with Gasteiger partial charge >= 0.3 is 5.97 Å². The number of aromatic nitrogens is 3. The Morgan fingerprint density at radius 2 is 1.86 bits per heavy atom. The van der Waals surface area contributed by atoms with E-state index in [0.29, 0.717) is 47.1 Å². The third kappa shape index (κ3) is 6.67. The Hall–Kier alpha value is -5.24. The molecule has 5 aliphatic rings. The number of rotatable bonds is 11. The minimum absolute atomic E-state index is 0.00708. The van der Waals surface area contributed by atoms with Crippen LogP contribution in [0.15, 0.2) is 88.3 Å². The summed E-state index contributed by atoms with van der Waals surface area (Å²) in [5.41, 5.74) is 1.37. The molecule has 9 rings (SSSR count). The number of hydrogen-bond acceptors (Lipinski definition) is 11. The zero-order valence-corrected chi connectivity index (χ0v) is 33.8. The van der Waals surface area contributed by atoms with Gasteiger partial charge in [-0.3, -0.25) is 29.0 Å². The Morgan fingerprint density at radius 3 is 2.68 bits per heavy atom. The van der Waals surface area contributed by atoms with Crippen LogP contribution in [0.2, 0.25) is 0 Å². The first-order chi connectivity index (χ1) is 28.5. The van der Waals surface area contributed by atoms with E-state index in [0.717, 1.165) is 41.0 Å². The molecule has 1 amide bonds. The number of benzene rings is 2. The molecule has 304 valence electrons. The minimum atomic E-state index is -1.08. The van der Waals surface area contributed by atoms with Gasteiger partial charge in [-0.1, -0.05) is 42.5 Å². The summed E-state index contributed by atoms with van der Waals surface area (Å²) in [5.74, 6) is -1.17. The van der Waals surface area contributed by atoms with Crippen molar-refractivity contribution in [1.82, 2.24) is 20.1 Å². The molecule has 3 heterocycles. The Balaban J connectivity index is 0.874. The van der Waals surface area contributed by atoms with Crippen molar-refractivity contribution in [3.8, 4) is 0 Å². The standard InChI is InChI=1S/C46H46N4O8S/c1-44-20-18-29(51)23-27(44)10-13-31-34-19-21-45(46(34,58-45)25-37(52)42(31)44)39(53)26-57-41(55)17-16-40(54)50-36-24-30(59-38-9-4-3-8-33(38)43(56)47-2)12-14-32(36)35(49-50)15-11-28-7-5-6-22-48-28/h3-9,11-12,14-15,22-24,31,34,37,42,52H,10,13,16-21,25-26H2,1-2H3,(H,47,56)/b15-11+/t31-,34-,37-,42+,44-,45-,46+/m0/s1. The molecule has 13 heteroatoms. The number of aliphatic hydroxyl groups is 1. The topological polar surface area (TPSA) is 170 Å². The summed E-state index contributed by atoms with van der Waals surface area (Å²) in [6, 6.07) is 18.4. The van der Waals surface area contributed by atoms with Crippen molar-refractivity contribution < 1.29 is 38.6 Å². The predicted octanol–water partition coefficient (Wildman–Crippen LogP) is 6.65. The lowest BCUT2D eigenvalue weighted by molar-refractivity contribution is -0.149. The molecular weight excluding hydrogens is 769 g/mol. The number of nitrogens with one attached hydrogen (secondary N) is 1. The van der Waals surface area contributed by atoms with Crippen LogP contribution in [-0.4, -0.2) is 80.2 Å². The maximum absolute atomic E-state index is 13.8. The number of pyridine rings is 1. The van der Waals surface area contributed by atoms with Crippen molar-refractivity contribution in [3.05, 3.63) is 95.5 Å². The summed E-state index contributed by atoms with van der Waals surface area (Å²) in [6.45, 7) is 1.72. The van der Waals surface area contributed by atoms with Crippen LogP contribution in [0.3, 0.4) is 0 Å². The number of nitrogens with zero attached hydrogens (tertiary/aromatic N) is 3. The van der Waals surface area contributed by atoms with E-state index in [-0.39, 0.29) is 53.5 Å². The molecule has 2 aromatic heterocycles. The third-order valence-electron chi connectivity index (χ3n) is 13.7.